The fraction of sp³-hybridized carbons (Fsp3) is 0.125. The van der Waals surface area contributed by atoms with Gasteiger partial charge in [-0.2, -0.15) is 0 Å². The Labute approximate surface area is 127 Å². The molecule has 2 saturated heterocycles. The number of hydrogen-bond acceptors (Lipinski definition) is 2. The van der Waals surface area contributed by atoms with Gasteiger partial charge in [-0.3, -0.25) is 9.80 Å². The second-order valence-corrected chi connectivity index (χ2v) is 5.20. The highest BCUT2D eigenvalue weighted by atomic mass is 16.2. The van der Waals surface area contributed by atoms with Gasteiger partial charge in [0.15, 0.2) is 12.3 Å². The molecular formula is C16H14N4O2. The van der Waals surface area contributed by atoms with Crippen LogP contribution < -0.4 is 20.4 Å². The molecule has 4 amide bonds. The van der Waals surface area contributed by atoms with Crippen LogP contribution in [0.4, 0.5) is 21.0 Å². The van der Waals surface area contributed by atoms with E-state index in [1.54, 1.807) is 9.80 Å². The summed E-state index contributed by atoms with van der Waals surface area (Å²) < 4.78 is 0. The number of fused-ring (bicyclic) bond motifs is 1. The third-order valence-corrected chi connectivity index (χ3v) is 3.90. The Hall–Kier alpha value is -3.02. The molecule has 0 saturated carbocycles. The van der Waals surface area contributed by atoms with Gasteiger partial charge in [0.2, 0.25) is 0 Å². The minimum atomic E-state index is -0.428. The zero-order valence-electron chi connectivity index (χ0n) is 11.6. The largest absolute Gasteiger partial charge is 0.325 e. The Kier molecular flexibility index (Phi) is 2.75. The second-order valence-electron chi connectivity index (χ2n) is 5.20. The molecule has 6 heteroatoms. The summed E-state index contributed by atoms with van der Waals surface area (Å²) in [6, 6.07) is 18.2. The molecule has 2 N–H and O–H groups in total. The maximum atomic E-state index is 12.3. The number of carbonyl (C=O) groups is 2. The topological polar surface area (TPSA) is 64.7 Å². The van der Waals surface area contributed by atoms with Crippen molar-refractivity contribution in [1.29, 1.82) is 0 Å². The summed E-state index contributed by atoms with van der Waals surface area (Å²) in [4.78, 5) is 27.8. The molecule has 110 valence electrons. The van der Waals surface area contributed by atoms with Crippen LogP contribution in [0.2, 0.25) is 0 Å². The molecule has 2 aromatic carbocycles. The molecule has 0 aliphatic carbocycles. The summed E-state index contributed by atoms with van der Waals surface area (Å²) in [5.41, 5.74) is 1.51. The van der Waals surface area contributed by atoms with Gasteiger partial charge in [-0.05, 0) is 24.3 Å². The predicted molar refractivity (Wildman–Crippen MR) is 82.5 cm³/mol. The molecule has 2 aliphatic heterocycles. The van der Waals surface area contributed by atoms with Gasteiger partial charge in [-0.15, -0.1) is 0 Å². The molecule has 2 aliphatic rings. The van der Waals surface area contributed by atoms with E-state index in [9.17, 15) is 9.59 Å². The summed E-state index contributed by atoms with van der Waals surface area (Å²) in [7, 11) is 0. The Morgan fingerprint density at radius 1 is 0.636 bits per heavy atom. The molecule has 22 heavy (non-hydrogen) atoms. The van der Waals surface area contributed by atoms with Gasteiger partial charge in [0.25, 0.3) is 0 Å². The number of rotatable bonds is 2. The summed E-state index contributed by atoms with van der Waals surface area (Å²) in [5, 5.41) is 5.75. The zero-order chi connectivity index (χ0) is 15.1. The normalized spacial score (nSPS) is 23.3. The van der Waals surface area contributed by atoms with Crippen molar-refractivity contribution in [3.8, 4) is 0 Å². The quantitative estimate of drug-likeness (QED) is 0.891. The van der Waals surface area contributed by atoms with Crippen molar-refractivity contribution < 1.29 is 9.59 Å². The molecular weight excluding hydrogens is 280 g/mol. The monoisotopic (exact) mass is 294 g/mol. The SMILES string of the molecule is O=C1N[C@H]2[C@H](NC(=O)N2c2ccccc2)N1c1ccccc1. The van der Waals surface area contributed by atoms with Gasteiger partial charge in [-0.25, -0.2) is 9.59 Å². The van der Waals surface area contributed by atoms with Crippen LogP contribution in [0, 0.1) is 0 Å². The van der Waals surface area contributed by atoms with Crippen molar-refractivity contribution in [1.82, 2.24) is 10.6 Å². The summed E-state index contributed by atoms with van der Waals surface area (Å²) in [6.07, 6.45) is -0.856. The van der Waals surface area contributed by atoms with Crippen LogP contribution in [-0.2, 0) is 0 Å². The van der Waals surface area contributed by atoms with Crippen LogP contribution in [-0.4, -0.2) is 24.4 Å². The summed E-state index contributed by atoms with van der Waals surface area (Å²) in [6.45, 7) is 0. The maximum absolute atomic E-state index is 12.3. The number of carbonyl (C=O) groups excluding carboxylic acids is 2. The summed E-state index contributed by atoms with van der Waals surface area (Å²) in [5.74, 6) is 0. The standard InChI is InChI=1S/C16H14N4O2/c21-15-18-14-13(19(15)11-7-3-1-4-8-11)17-16(22)20(14)12-9-5-2-6-10-12/h1-10,13-14H,(H,17,22)(H,18,21)/t13-,14-/m1/s1. The van der Waals surface area contributed by atoms with Gasteiger partial charge < -0.3 is 10.6 Å². The zero-order valence-corrected chi connectivity index (χ0v) is 11.6. The second kappa shape index (κ2) is 4.77. The van der Waals surface area contributed by atoms with Crippen molar-refractivity contribution in [2.24, 2.45) is 0 Å². The lowest BCUT2D eigenvalue weighted by molar-refractivity contribution is 0.245. The average Bonchev–Trinajstić information content (AvgIpc) is 3.01. The van der Waals surface area contributed by atoms with E-state index >= 15 is 0 Å². The summed E-state index contributed by atoms with van der Waals surface area (Å²) >= 11 is 0. The number of nitrogens with zero attached hydrogens (tertiary/aromatic N) is 2. The molecule has 0 bridgehead atoms. The lowest BCUT2D eigenvalue weighted by Gasteiger charge is -2.22. The molecule has 2 fully saturated rings. The predicted octanol–water partition coefficient (Wildman–Crippen LogP) is 2.10. The van der Waals surface area contributed by atoms with Crippen molar-refractivity contribution in [2.75, 3.05) is 9.80 Å². The number of benzene rings is 2. The molecule has 4 rings (SSSR count). The molecule has 0 aromatic heterocycles. The highest BCUT2D eigenvalue weighted by molar-refractivity contribution is 6.03. The third kappa shape index (κ3) is 1.81. The van der Waals surface area contributed by atoms with E-state index in [4.69, 9.17) is 0 Å². The highest BCUT2D eigenvalue weighted by Crippen LogP contribution is 2.30. The van der Waals surface area contributed by atoms with Gasteiger partial charge in [0.1, 0.15) is 0 Å². The van der Waals surface area contributed by atoms with E-state index in [-0.39, 0.29) is 12.1 Å². The Morgan fingerprint density at radius 2 is 1.00 bits per heavy atom. The van der Waals surface area contributed by atoms with Gasteiger partial charge in [-0.1, -0.05) is 36.4 Å². The first kappa shape index (κ1) is 12.7. The van der Waals surface area contributed by atoms with Gasteiger partial charge in [0, 0.05) is 11.4 Å². The number of anilines is 2. The van der Waals surface area contributed by atoms with Crippen LogP contribution >= 0.6 is 0 Å². The fourth-order valence-corrected chi connectivity index (χ4v) is 2.95. The van der Waals surface area contributed by atoms with Crippen LogP contribution in [0.1, 0.15) is 0 Å². The van der Waals surface area contributed by atoms with Gasteiger partial charge >= 0.3 is 12.1 Å². The number of para-hydroxylation sites is 2. The van der Waals surface area contributed by atoms with E-state index in [2.05, 4.69) is 10.6 Å². The lowest BCUT2D eigenvalue weighted by atomic mass is 10.2. The number of hydrogen-bond donors (Lipinski definition) is 2. The number of amides is 4. The van der Waals surface area contributed by atoms with Crippen molar-refractivity contribution in [3.63, 3.8) is 0 Å². The van der Waals surface area contributed by atoms with E-state index in [0.29, 0.717) is 0 Å². The minimum Gasteiger partial charge on any atom is -0.313 e. The lowest BCUT2D eigenvalue weighted by Crippen LogP contribution is -2.43. The van der Waals surface area contributed by atoms with Crippen LogP contribution in [0.5, 0.6) is 0 Å². The van der Waals surface area contributed by atoms with E-state index in [1.807, 2.05) is 60.7 Å². The van der Waals surface area contributed by atoms with E-state index in [0.717, 1.165) is 11.4 Å². The molecule has 0 unspecified atom stereocenters. The molecule has 2 heterocycles. The van der Waals surface area contributed by atoms with Crippen LogP contribution in [0.3, 0.4) is 0 Å². The Balaban J connectivity index is 1.70. The molecule has 2 aromatic rings. The van der Waals surface area contributed by atoms with Crippen molar-refractivity contribution in [3.05, 3.63) is 60.7 Å². The van der Waals surface area contributed by atoms with Crippen LogP contribution in [0.25, 0.3) is 0 Å². The van der Waals surface area contributed by atoms with Gasteiger partial charge in [0.05, 0.1) is 0 Å². The fourth-order valence-electron chi connectivity index (χ4n) is 2.95. The van der Waals surface area contributed by atoms with Crippen LogP contribution in [0.15, 0.2) is 60.7 Å². The third-order valence-electron chi connectivity index (χ3n) is 3.90. The Morgan fingerprint density at radius 3 is 1.36 bits per heavy atom. The number of nitrogens with one attached hydrogen (secondary N) is 2. The highest BCUT2D eigenvalue weighted by Gasteiger charge is 2.51. The molecule has 2 atom stereocenters. The first-order valence-electron chi connectivity index (χ1n) is 7.05. The molecule has 6 nitrogen and oxygen atoms in total. The minimum absolute atomic E-state index is 0.220. The van der Waals surface area contributed by atoms with Crippen molar-refractivity contribution >= 4 is 23.4 Å². The first-order chi connectivity index (χ1) is 10.8. The van der Waals surface area contributed by atoms with E-state index in [1.165, 1.54) is 0 Å². The smallest absolute Gasteiger partial charge is 0.313 e. The average molecular weight is 294 g/mol. The molecule has 0 spiro atoms. The maximum Gasteiger partial charge on any atom is 0.325 e. The number of urea groups is 2. The van der Waals surface area contributed by atoms with E-state index < -0.39 is 12.3 Å². The van der Waals surface area contributed by atoms with Crippen molar-refractivity contribution in [2.45, 2.75) is 12.3 Å². The Bertz CT molecular complexity index is 656. The first-order valence-corrected chi connectivity index (χ1v) is 7.05. The molecule has 0 radical (unpaired) electrons.